The third-order valence-corrected chi connectivity index (χ3v) is 3.94. The van der Waals surface area contributed by atoms with E-state index in [0.29, 0.717) is 27.9 Å². The van der Waals surface area contributed by atoms with Crippen LogP contribution in [0, 0.1) is 0 Å². The molecule has 1 aliphatic heterocycles. The van der Waals surface area contributed by atoms with Crippen LogP contribution in [-0.4, -0.2) is 30.4 Å². The fourth-order valence-corrected chi connectivity index (χ4v) is 2.98. The van der Waals surface area contributed by atoms with E-state index in [1.54, 1.807) is 7.11 Å². The minimum Gasteiger partial charge on any atom is -0.493 e. The van der Waals surface area contributed by atoms with E-state index in [0.717, 1.165) is 5.56 Å². The first-order valence-corrected chi connectivity index (χ1v) is 8.97. The van der Waals surface area contributed by atoms with E-state index in [9.17, 15) is 4.79 Å². The van der Waals surface area contributed by atoms with Gasteiger partial charge in [-0.15, -0.1) is 0 Å². The van der Waals surface area contributed by atoms with Crippen molar-refractivity contribution in [3.8, 4) is 11.5 Å². The van der Waals surface area contributed by atoms with Crippen LogP contribution in [0.1, 0.15) is 46.2 Å². The van der Waals surface area contributed by atoms with Gasteiger partial charge in [-0.3, -0.25) is 0 Å². The normalized spacial score (nSPS) is 17.1. The lowest BCUT2D eigenvalue weighted by atomic mass is 9.95. The summed E-state index contributed by atoms with van der Waals surface area (Å²) in [6, 6.07) is 5.14. The molecule has 0 saturated heterocycles. The summed E-state index contributed by atoms with van der Waals surface area (Å²) in [5.41, 5.74) is 2.00. The van der Waals surface area contributed by atoms with E-state index >= 15 is 0 Å². The molecule has 1 aromatic carbocycles. The lowest BCUT2D eigenvalue weighted by Crippen LogP contribution is -2.45. The summed E-state index contributed by atoms with van der Waals surface area (Å²) in [4.78, 5) is 12.6. The van der Waals surface area contributed by atoms with Gasteiger partial charge in [0, 0.05) is 5.70 Å². The molecule has 0 aliphatic carbocycles. The molecule has 1 heterocycles. The quantitative estimate of drug-likeness (QED) is 0.582. The second kappa shape index (κ2) is 8.40. The third kappa shape index (κ3) is 4.66. The number of methoxy groups -OCH3 is 1. The number of ether oxygens (including phenoxy) is 3. The van der Waals surface area contributed by atoms with Crippen molar-refractivity contribution in [1.82, 2.24) is 10.6 Å². The minimum absolute atomic E-state index is 0.0260. The summed E-state index contributed by atoms with van der Waals surface area (Å²) < 4.78 is 16.6. The van der Waals surface area contributed by atoms with Crippen molar-refractivity contribution in [2.24, 2.45) is 0 Å². The Morgan fingerprint density at radius 1 is 1.15 bits per heavy atom. The molecule has 26 heavy (non-hydrogen) atoms. The second-order valence-electron chi connectivity index (χ2n) is 6.60. The largest absolute Gasteiger partial charge is 0.493 e. The molecule has 0 unspecified atom stereocenters. The zero-order chi connectivity index (χ0) is 19.4. The van der Waals surface area contributed by atoms with Gasteiger partial charge in [0.15, 0.2) is 16.6 Å². The van der Waals surface area contributed by atoms with Gasteiger partial charge < -0.3 is 24.8 Å². The summed E-state index contributed by atoms with van der Waals surface area (Å²) in [6.07, 6.45) is -0.188. The summed E-state index contributed by atoms with van der Waals surface area (Å²) in [6.45, 7) is 9.35. The maximum absolute atomic E-state index is 12.6. The highest BCUT2D eigenvalue weighted by Gasteiger charge is 2.32. The van der Waals surface area contributed by atoms with Crippen LogP contribution in [0.4, 0.5) is 0 Å². The molecule has 0 bridgehead atoms. The first-order valence-electron chi connectivity index (χ1n) is 8.56. The highest BCUT2D eigenvalue weighted by atomic mass is 32.1. The number of nitrogens with one attached hydrogen (secondary N) is 2. The predicted molar refractivity (Wildman–Crippen MR) is 104 cm³/mol. The number of esters is 1. The number of rotatable bonds is 6. The first-order chi connectivity index (χ1) is 12.2. The highest BCUT2D eigenvalue weighted by molar-refractivity contribution is 7.80. The van der Waals surface area contributed by atoms with Crippen molar-refractivity contribution in [1.29, 1.82) is 0 Å². The van der Waals surface area contributed by atoms with E-state index in [4.69, 9.17) is 26.4 Å². The predicted octanol–water partition coefficient (Wildman–Crippen LogP) is 3.23. The molecule has 6 nitrogen and oxygen atoms in total. The Balaban J connectivity index is 2.44. The van der Waals surface area contributed by atoms with Gasteiger partial charge in [-0.25, -0.2) is 4.79 Å². The van der Waals surface area contributed by atoms with Gasteiger partial charge in [0.1, 0.15) is 0 Å². The molecule has 0 spiro atoms. The summed E-state index contributed by atoms with van der Waals surface area (Å²) in [7, 11) is 1.59. The second-order valence-corrected chi connectivity index (χ2v) is 7.01. The van der Waals surface area contributed by atoms with Crippen molar-refractivity contribution >= 4 is 23.3 Å². The fourth-order valence-electron chi connectivity index (χ4n) is 2.71. The van der Waals surface area contributed by atoms with Crippen LogP contribution < -0.4 is 20.1 Å². The molecule has 0 aromatic heterocycles. The minimum atomic E-state index is -0.433. The van der Waals surface area contributed by atoms with Crippen LogP contribution in [0.15, 0.2) is 29.5 Å². The average Bonchev–Trinajstić information content (AvgIpc) is 2.53. The van der Waals surface area contributed by atoms with Crippen molar-refractivity contribution in [2.75, 3.05) is 7.11 Å². The van der Waals surface area contributed by atoms with Crippen LogP contribution >= 0.6 is 12.2 Å². The number of allylic oxidation sites excluding steroid dienone is 1. The van der Waals surface area contributed by atoms with Crippen LogP contribution in [0.5, 0.6) is 11.5 Å². The van der Waals surface area contributed by atoms with Crippen molar-refractivity contribution in [2.45, 2.75) is 52.9 Å². The van der Waals surface area contributed by atoms with Gasteiger partial charge in [-0.2, -0.15) is 0 Å². The zero-order valence-corrected chi connectivity index (χ0v) is 16.8. The molecule has 0 saturated carbocycles. The summed E-state index contributed by atoms with van der Waals surface area (Å²) in [5.74, 6) is 0.859. The maximum atomic E-state index is 12.6. The SMILES string of the molecule is COc1cc([C@H]2NC(=S)NC(C)=C2C(=O)OC(C)C)ccc1OC(C)C. The summed E-state index contributed by atoms with van der Waals surface area (Å²) >= 11 is 5.27. The van der Waals surface area contributed by atoms with Gasteiger partial charge in [0.05, 0.1) is 30.9 Å². The Morgan fingerprint density at radius 2 is 1.85 bits per heavy atom. The fraction of sp³-hybridized carbons (Fsp3) is 0.474. The molecule has 142 valence electrons. The number of thiocarbonyl (C=S) groups is 1. The third-order valence-electron chi connectivity index (χ3n) is 3.72. The number of hydrogen-bond donors (Lipinski definition) is 2. The standard InChI is InChI=1S/C19H26N2O4S/c1-10(2)24-14-8-7-13(9-15(14)23-6)17-16(18(22)25-11(3)4)12(5)20-19(26)21-17/h7-11,17H,1-6H3,(H2,20,21,26)/t17-/m1/s1. The highest BCUT2D eigenvalue weighted by Crippen LogP contribution is 2.35. The maximum Gasteiger partial charge on any atom is 0.338 e. The molecule has 7 heteroatoms. The Kier molecular flexibility index (Phi) is 6.47. The van der Waals surface area contributed by atoms with Crippen LogP contribution in [0.2, 0.25) is 0 Å². The molecule has 1 atom stereocenters. The van der Waals surface area contributed by atoms with Gasteiger partial charge in [0.2, 0.25) is 0 Å². The molecular weight excluding hydrogens is 352 g/mol. The van der Waals surface area contributed by atoms with E-state index in [-0.39, 0.29) is 18.2 Å². The Hall–Kier alpha value is -2.28. The van der Waals surface area contributed by atoms with Gasteiger partial charge in [0.25, 0.3) is 0 Å². The monoisotopic (exact) mass is 378 g/mol. The Morgan fingerprint density at radius 3 is 2.42 bits per heavy atom. The molecule has 2 rings (SSSR count). The van der Waals surface area contributed by atoms with Crippen LogP contribution in [0.25, 0.3) is 0 Å². The van der Waals surface area contributed by atoms with Crippen molar-refractivity contribution < 1.29 is 19.0 Å². The molecule has 0 radical (unpaired) electrons. The lowest BCUT2D eigenvalue weighted by molar-refractivity contribution is -0.143. The number of carbonyl (C=O) groups excluding carboxylic acids is 1. The first kappa shape index (κ1) is 20.0. The molecule has 0 amide bonds. The molecule has 2 N–H and O–H groups in total. The summed E-state index contributed by atoms with van der Waals surface area (Å²) in [5, 5.41) is 6.59. The van der Waals surface area contributed by atoms with Crippen molar-refractivity contribution in [3.63, 3.8) is 0 Å². The zero-order valence-electron chi connectivity index (χ0n) is 16.0. The van der Waals surface area contributed by atoms with Gasteiger partial charge >= 0.3 is 5.97 Å². The molecule has 1 aromatic rings. The molecular formula is C19H26N2O4S. The van der Waals surface area contributed by atoms with Crippen LogP contribution in [0.3, 0.4) is 0 Å². The van der Waals surface area contributed by atoms with E-state index < -0.39 is 6.04 Å². The number of benzene rings is 1. The molecule has 1 aliphatic rings. The van der Waals surface area contributed by atoms with Gasteiger partial charge in [-0.05, 0) is 64.5 Å². The molecule has 0 fully saturated rings. The number of hydrogen-bond acceptors (Lipinski definition) is 5. The Bertz CT molecular complexity index is 728. The van der Waals surface area contributed by atoms with E-state index in [1.807, 2.05) is 52.8 Å². The number of carbonyl (C=O) groups is 1. The van der Waals surface area contributed by atoms with Crippen LogP contribution in [-0.2, 0) is 9.53 Å². The smallest absolute Gasteiger partial charge is 0.338 e. The van der Waals surface area contributed by atoms with Crippen molar-refractivity contribution in [3.05, 3.63) is 35.0 Å². The lowest BCUT2D eigenvalue weighted by Gasteiger charge is -2.30. The van der Waals surface area contributed by atoms with Gasteiger partial charge in [-0.1, -0.05) is 6.07 Å². The topological polar surface area (TPSA) is 68.8 Å². The van der Waals surface area contributed by atoms with E-state index in [2.05, 4.69) is 10.6 Å². The average molecular weight is 378 g/mol. The van der Waals surface area contributed by atoms with E-state index in [1.165, 1.54) is 0 Å². The Labute approximate surface area is 159 Å².